The number of nitrogens with one attached hydrogen (secondary N) is 3. The van der Waals surface area contributed by atoms with Gasteiger partial charge in [0.15, 0.2) is 0 Å². The smallest absolute Gasteiger partial charge is 0.225 e. The summed E-state index contributed by atoms with van der Waals surface area (Å²) in [6, 6.07) is 0. The maximum absolute atomic E-state index is 13.7. The van der Waals surface area contributed by atoms with E-state index in [1.54, 1.807) is 0 Å². The molecule has 0 aliphatic rings. The van der Waals surface area contributed by atoms with E-state index in [1.807, 2.05) is 27.7 Å². The Hall–Kier alpha value is -0.340. The lowest BCUT2D eigenvalue weighted by molar-refractivity contribution is -0.130. The van der Waals surface area contributed by atoms with E-state index < -0.39 is 23.5 Å². The largest absolute Gasteiger partial charge is 0.354 e. The minimum Gasteiger partial charge on any atom is -0.354 e. The summed E-state index contributed by atoms with van der Waals surface area (Å²) in [6.07, 6.45) is 9.94. The molecule has 0 aliphatic heterocycles. The molecule has 3 N–H and O–H groups in total. The molecular weight excluding hydrogens is 665 g/mol. The van der Waals surface area contributed by atoms with Crippen LogP contribution in [0.15, 0.2) is 0 Å². The van der Waals surface area contributed by atoms with Crippen LogP contribution in [0.4, 0.5) is 0 Å². The number of nitrogens with zero attached hydrogens (tertiary/aromatic N) is 1. The maximum Gasteiger partial charge on any atom is 0.225 e. The molecule has 0 saturated heterocycles. The van der Waals surface area contributed by atoms with Crippen molar-refractivity contribution < 1.29 is 14.4 Å². The second-order valence-corrected chi connectivity index (χ2v) is 26.9. The van der Waals surface area contributed by atoms with E-state index in [0.717, 1.165) is 19.3 Å². The normalized spacial score (nSPS) is 13.8. The number of carbonyl (C=O) groups excluding carboxylic acids is 3. The lowest BCUT2D eigenvalue weighted by atomic mass is 9.82. The monoisotopic (exact) mass is 748 g/mol. The van der Waals surface area contributed by atoms with E-state index in [0.29, 0.717) is 39.3 Å². The van der Waals surface area contributed by atoms with E-state index >= 15 is 0 Å². The van der Waals surface area contributed by atoms with Crippen molar-refractivity contribution in [3.63, 3.8) is 0 Å². The minimum absolute atomic E-state index is 0.0308. The molecule has 0 radical (unpaired) electrons. The van der Waals surface area contributed by atoms with Crippen molar-refractivity contribution in [2.24, 2.45) is 16.2 Å². The molecule has 290 valence electrons. The number of carbonyl (C=O) groups is 3. The molecule has 49 heavy (non-hydrogen) atoms. The number of hydrogen-bond acceptors (Lipinski definition) is 4. The standard InChI is InChI=1S/C39H81N4O3P3/c1-16-25-49(26-17-2,27-18-3)39(14,15)30-36(8,9)33(46)42-21-24-43(22-19-40-31(44)34(4,5)28-37(10,11)47)23-20-41-32(45)35(6,7)29-38(12,13)48/h16-30,47-48H2,1-15H3,(H2-,40,41,42,44,45,46)/p+1. The summed E-state index contributed by atoms with van der Waals surface area (Å²) in [5.41, 5.74) is -1.45. The van der Waals surface area contributed by atoms with Crippen molar-refractivity contribution >= 4 is 43.5 Å². The fraction of sp³-hybridized carbons (Fsp3) is 0.923. The van der Waals surface area contributed by atoms with Crippen LogP contribution >= 0.6 is 25.7 Å². The molecule has 2 atom stereocenters. The third kappa shape index (κ3) is 17.8. The van der Waals surface area contributed by atoms with Crippen LogP contribution in [0.3, 0.4) is 0 Å². The third-order valence-electron chi connectivity index (χ3n) is 9.89. The Morgan fingerprint density at radius 3 is 1.02 bits per heavy atom. The van der Waals surface area contributed by atoms with Crippen LogP contribution in [-0.4, -0.2) is 95.8 Å². The quantitative estimate of drug-likeness (QED) is 0.0822. The fourth-order valence-electron chi connectivity index (χ4n) is 8.33. The van der Waals surface area contributed by atoms with Gasteiger partial charge in [0.05, 0.1) is 23.6 Å². The molecule has 0 aromatic carbocycles. The lowest BCUT2D eigenvalue weighted by Crippen LogP contribution is -2.48. The van der Waals surface area contributed by atoms with Gasteiger partial charge in [-0.25, -0.2) is 0 Å². The van der Waals surface area contributed by atoms with Gasteiger partial charge in [-0.3, -0.25) is 19.3 Å². The molecule has 3 amide bonds. The molecule has 7 nitrogen and oxygen atoms in total. The second-order valence-electron chi connectivity index (χ2n) is 18.9. The average Bonchev–Trinajstić information content (AvgIpc) is 2.89. The van der Waals surface area contributed by atoms with E-state index in [1.165, 1.54) is 37.7 Å². The number of rotatable bonds is 25. The van der Waals surface area contributed by atoms with E-state index in [4.69, 9.17) is 0 Å². The van der Waals surface area contributed by atoms with Crippen molar-refractivity contribution in [3.05, 3.63) is 0 Å². The van der Waals surface area contributed by atoms with Gasteiger partial charge in [0.2, 0.25) is 17.7 Å². The van der Waals surface area contributed by atoms with E-state index in [2.05, 4.69) is 115 Å². The van der Waals surface area contributed by atoms with Crippen molar-refractivity contribution in [3.8, 4) is 0 Å². The molecule has 0 saturated carbocycles. The van der Waals surface area contributed by atoms with Gasteiger partial charge in [0, 0.05) is 62.8 Å². The highest BCUT2D eigenvalue weighted by Gasteiger charge is 2.52. The molecule has 10 heteroatoms. The van der Waals surface area contributed by atoms with Crippen LogP contribution < -0.4 is 16.0 Å². The molecule has 0 aliphatic carbocycles. The van der Waals surface area contributed by atoms with E-state index in [9.17, 15) is 14.4 Å². The summed E-state index contributed by atoms with van der Waals surface area (Å²) in [5, 5.41) is 9.66. The first-order chi connectivity index (χ1) is 22.1. The molecule has 2 unspecified atom stereocenters. The van der Waals surface area contributed by atoms with Crippen molar-refractivity contribution in [2.45, 2.75) is 158 Å². The molecule has 0 aromatic rings. The Morgan fingerprint density at radius 1 is 0.510 bits per heavy atom. The van der Waals surface area contributed by atoms with Crippen LogP contribution in [0.1, 0.15) is 142 Å². The van der Waals surface area contributed by atoms with Gasteiger partial charge in [0.1, 0.15) is 0 Å². The first-order valence-electron chi connectivity index (χ1n) is 19.1. The highest BCUT2D eigenvalue weighted by Crippen LogP contribution is 2.72. The Kier molecular flexibility index (Phi) is 20.1. The molecular formula is C39H82N4O3P3+. The zero-order valence-electron chi connectivity index (χ0n) is 34.9. The van der Waals surface area contributed by atoms with Crippen molar-refractivity contribution in [1.82, 2.24) is 20.9 Å². The highest BCUT2D eigenvalue weighted by molar-refractivity contribution is 7.77. The zero-order valence-corrected chi connectivity index (χ0v) is 38.1. The summed E-state index contributed by atoms with van der Waals surface area (Å²) in [6.45, 7) is 36.0. The molecule has 0 bridgehead atoms. The topological polar surface area (TPSA) is 90.5 Å². The summed E-state index contributed by atoms with van der Waals surface area (Å²) in [4.78, 5) is 42.2. The second kappa shape index (κ2) is 20.2. The van der Waals surface area contributed by atoms with Crippen LogP contribution in [0.25, 0.3) is 0 Å². The van der Waals surface area contributed by atoms with Crippen LogP contribution in [0, 0.1) is 16.2 Å². The highest BCUT2D eigenvalue weighted by atomic mass is 31.2. The van der Waals surface area contributed by atoms with Gasteiger partial charge in [-0.1, -0.05) is 90.0 Å². The Bertz CT molecular complexity index is 966. The maximum atomic E-state index is 13.7. The Morgan fingerprint density at radius 2 is 0.776 bits per heavy atom. The predicted octanol–water partition coefficient (Wildman–Crippen LogP) is 8.22. The lowest BCUT2D eigenvalue weighted by Gasteiger charge is -2.44. The van der Waals surface area contributed by atoms with Crippen molar-refractivity contribution in [1.29, 1.82) is 0 Å². The van der Waals surface area contributed by atoms with Gasteiger partial charge < -0.3 is 16.0 Å². The summed E-state index contributed by atoms with van der Waals surface area (Å²) in [7, 11) is 4.45. The summed E-state index contributed by atoms with van der Waals surface area (Å²) < 4.78 is 0. The SMILES string of the molecule is CCC[P+](CCC)(CCC)C(C)(C)CC(C)(C)C(=O)NCCN(CCNC(=O)C(C)(C)CC(C)(C)P)CCNC(=O)C(C)(C)CC(C)(C)P. The first kappa shape index (κ1) is 48.7. The van der Waals surface area contributed by atoms with Gasteiger partial charge in [0.25, 0.3) is 0 Å². The molecule has 0 spiro atoms. The molecule has 0 aromatic heterocycles. The minimum atomic E-state index is -1.23. The summed E-state index contributed by atoms with van der Waals surface area (Å²) in [5.74, 6) is 0.195. The third-order valence-corrected chi connectivity index (χ3v) is 16.9. The van der Waals surface area contributed by atoms with Gasteiger partial charge >= 0.3 is 0 Å². The summed E-state index contributed by atoms with van der Waals surface area (Å²) >= 11 is 0. The number of amides is 3. The molecule has 0 heterocycles. The Labute approximate surface area is 309 Å². The van der Waals surface area contributed by atoms with Gasteiger partial charge in [-0.2, -0.15) is 0 Å². The van der Waals surface area contributed by atoms with Crippen LogP contribution in [0.5, 0.6) is 0 Å². The van der Waals surface area contributed by atoms with Gasteiger partial charge in [-0.05, 0) is 62.7 Å². The van der Waals surface area contributed by atoms with Gasteiger partial charge in [-0.15, -0.1) is 18.5 Å². The van der Waals surface area contributed by atoms with Crippen molar-refractivity contribution in [2.75, 3.05) is 57.8 Å². The van der Waals surface area contributed by atoms with E-state index in [-0.39, 0.29) is 33.2 Å². The fourth-order valence-corrected chi connectivity index (χ4v) is 15.1. The first-order valence-corrected chi connectivity index (χ1v) is 22.6. The molecule has 0 rings (SSSR count). The van der Waals surface area contributed by atoms with Crippen LogP contribution in [-0.2, 0) is 14.4 Å². The zero-order chi connectivity index (χ0) is 38.5. The average molecular weight is 748 g/mol. The number of hydrogen-bond donors (Lipinski definition) is 3. The predicted molar refractivity (Wildman–Crippen MR) is 225 cm³/mol. The van der Waals surface area contributed by atoms with Crippen LogP contribution in [0.2, 0.25) is 0 Å². The Balaban J connectivity index is 5.64. The molecule has 0 fully saturated rings.